The van der Waals surface area contributed by atoms with Gasteiger partial charge in [-0.3, -0.25) is 0 Å². The van der Waals surface area contributed by atoms with Crippen LogP contribution in [0.15, 0.2) is 0 Å². The molecule has 19 heavy (non-hydrogen) atoms. The molecule has 0 bridgehead atoms. The molecule has 0 atom stereocenters. The highest BCUT2D eigenvalue weighted by molar-refractivity contribution is 7.59. The highest BCUT2D eigenvalue weighted by atomic mass is 31.1. The highest BCUT2D eigenvalue weighted by Crippen LogP contribution is 2.53. The van der Waals surface area contributed by atoms with Crippen LogP contribution in [-0.4, -0.2) is 17.5 Å². The summed E-state index contributed by atoms with van der Waals surface area (Å²) in [6.07, 6.45) is 15.9. The number of hydrogen-bond acceptors (Lipinski definition) is 0. The third-order valence-corrected chi connectivity index (χ3v) is 7.94. The Balaban J connectivity index is 4.76. The Morgan fingerprint density at radius 3 is 1.21 bits per heavy atom. The standard InChI is InChI=1S/C18H39P/c1-6-11-16-19(17(12-7-2)13-8-3)18(14-9-4)15-10-5/h17-18H,6-16H2,1-5H3. The topological polar surface area (TPSA) is 0 Å². The minimum Gasteiger partial charge on any atom is -0.100 e. The largest absolute Gasteiger partial charge is 0.100 e. The average molecular weight is 286 g/mol. The molecule has 0 spiro atoms. The number of rotatable bonds is 13. The maximum Gasteiger partial charge on any atom is -0.0207 e. The van der Waals surface area contributed by atoms with Crippen molar-refractivity contribution in [3.8, 4) is 0 Å². The average Bonchev–Trinajstić information content (AvgIpc) is 2.40. The van der Waals surface area contributed by atoms with Crippen LogP contribution >= 0.6 is 7.92 Å². The Labute approximate surface area is 124 Å². The van der Waals surface area contributed by atoms with Gasteiger partial charge in [-0.05, 0) is 49.6 Å². The molecule has 0 aromatic rings. The van der Waals surface area contributed by atoms with E-state index >= 15 is 0 Å². The zero-order valence-electron chi connectivity index (χ0n) is 14.4. The lowest BCUT2D eigenvalue weighted by Crippen LogP contribution is -2.18. The summed E-state index contributed by atoms with van der Waals surface area (Å²) in [5.74, 6) is 0. The molecule has 0 aromatic carbocycles. The second-order valence-corrected chi connectivity index (χ2v) is 8.99. The molecule has 0 aliphatic heterocycles. The first-order chi connectivity index (χ1) is 9.24. The van der Waals surface area contributed by atoms with Gasteiger partial charge in [0.05, 0.1) is 0 Å². The van der Waals surface area contributed by atoms with E-state index in [1.165, 1.54) is 64.2 Å². The Morgan fingerprint density at radius 2 is 0.947 bits per heavy atom. The van der Waals surface area contributed by atoms with Crippen LogP contribution in [0.4, 0.5) is 0 Å². The van der Waals surface area contributed by atoms with Gasteiger partial charge in [0.1, 0.15) is 0 Å². The fourth-order valence-electron chi connectivity index (χ4n) is 3.29. The van der Waals surface area contributed by atoms with E-state index in [-0.39, 0.29) is 7.92 Å². The molecule has 0 amide bonds. The van der Waals surface area contributed by atoms with E-state index < -0.39 is 0 Å². The Morgan fingerprint density at radius 1 is 0.579 bits per heavy atom. The summed E-state index contributed by atoms with van der Waals surface area (Å²) in [5.41, 5.74) is 2.14. The van der Waals surface area contributed by atoms with Gasteiger partial charge in [-0.15, -0.1) is 7.92 Å². The predicted octanol–water partition coefficient (Wildman–Crippen LogP) is 7.21. The molecule has 1 heteroatoms. The molecule has 0 rings (SSSR count). The summed E-state index contributed by atoms with van der Waals surface area (Å²) in [7, 11) is 0.283. The third-order valence-electron chi connectivity index (χ3n) is 4.20. The van der Waals surface area contributed by atoms with Crippen LogP contribution in [0.3, 0.4) is 0 Å². The zero-order valence-corrected chi connectivity index (χ0v) is 15.3. The monoisotopic (exact) mass is 286 g/mol. The Kier molecular flexibility index (Phi) is 13.7. The summed E-state index contributed by atoms with van der Waals surface area (Å²) in [4.78, 5) is 0. The van der Waals surface area contributed by atoms with Crippen molar-refractivity contribution in [2.45, 2.75) is 110 Å². The van der Waals surface area contributed by atoms with Gasteiger partial charge in [0, 0.05) is 0 Å². The van der Waals surface area contributed by atoms with Crippen molar-refractivity contribution in [3.05, 3.63) is 0 Å². The molecule has 0 unspecified atom stereocenters. The Hall–Kier alpha value is 0.430. The van der Waals surface area contributed by atoms with Crippen LogP contribution in [0.1, 0.15) is 98.8 Å². The first-order valence-corrected chi connectivity index (χ1v) is 10.7. The van der Waals surface area contributed by atoms with E-state index in [0.29, 0.717) is 0 Å². The summed E-state index contributed by atoms with van der Waals surface area (Å²) in [6, 6.07) is 0. The maximum absolute atomic E-state index is 2.38. The van der Waals surface area contributed by atoms with E-state index in [4.69, 9.17) is 0 Å². The third kappa shape index (κ3) is 8.34. The minimum absolute atomic E-state index is 0.283. The molecule has 0 radical (unpaired) electrons. The van der Waals surface area contributed by atoms with Crippen molar-refractivity contribution < 1.29 is 0 Å². The van der Waals surface area contributed by atoms with Gasteiger partial charge < -0.3 is 0 Å². The van der Waals surface area contributed by atoms with Gasteiger partial charge in [-0.1, -0.05) is 66.7 Å². The van der Waals surface area contributed by atoms with Crippen molar-refractivity contribution in [3.63, 3.8) is 0 Å². The highest BCUT2D eigenvalue weighted by Gasteiger charge is 2.26. The van der Waals surface area contributed by atoms with Crippen molar-refractivity contribution >= 4 is 7.92 Å². The van der Waals surface area contributed by atoms with E-state index in [9.17, 15) is 0 Å². The first-order valence-electron chi connectivity index (χ1n) is 9.00. The zero-order chi connectivity index (χ0) is 14.5. The summed E-state index contributed by atoms with van der Waals surface area (Å²) < 4.78 is 0. The van der Waals surface area contributed by atoms with Gasteiger partial charge >= 0.3 is 0 Å². The quantitative estimate of drug-likeness (QED) is 0.314. The minimum atomic E-state index is 0.283. The van der Waals surface area contributed by atoms with E-state index in [2.05, 4.69) is 34.6 Å². The maximum atomic E-state index is 2.38. The number of hydrogen-bond donors (Lipinski definition) is 0. The fraction of sp³-hybridized carbons (Fsp3) is 1.00. The van der Waals surface area contributed by atoms with Gasteiger partial charge in [0.2, 0.25) is 0 Å². The molecule has 0 aliphatic rings. The molecule has 0 fully saturated rings. The molecule has 0 N–H and O–H groups in total. The summed E-state index contributed by atoms with van der Waals surface area (Å²) in [5, 5.41) is 0. The van der Waals surface area contributed by atoms with Gasteiger partial charge in [-0.2, -0.15) is 0 Å². The van der Waals surface area contributed by atoms with E-state index in [0.717, 1.165) is 11.3 Å². The molecular weight excluding hydrogens is 247 g/mol. The Bertz CT molecular complexity index is 151. The molecule has 0 saturated carbocycles. The SMILES string of the molecule is CCCCP(C(CCC)CCC)C(CCC)CCC. The molecule has 0 heterocycles. The molecule has 116 valence electrons. The van der Waals surface area contributed by atoms with E-state index in [1.807, 2.05) is 0 Å². The van der Waals surface area contributed by atoms with Crippen LogP contribution < -0.4 is 0 Å². The molecular formula is C18H39P. The summed E-state index contributed by atoms with van der Waals surface area (Å²) in [6.45, 7) is 11.9. The van der Waals surface area contributed by atoms with Gasteiger partial charge in [-0.25, -0.2) is 0 Å². The van der Waals surface area contributed by atoms with Crippen molar-refractivity contribution in [1.82, 2.24) is 0 Å². The molecule has 0 aromatic heterocycles. The number of unbranched alkanes of at least 4 members (excludes halogenated alkanes) is 1. The first kappa shape index (κ1) is 19.4. The lowest BCUT2D eigenvalue weighted by molar-refractivity contribution is 0.621. The summed E-state index contributed by atoms with van der Waals surface area (Å²) >= 11 is 0. The molecule has 0 nitrogen and oxygen atoms in total. The predicted molar refractivity (Wildman–Crippen MR) is 93.9 cm³/mol. The van der Waals surface area contributed by atoms with E-state index in [1.54, 1.807) is 6.16 Å². The lowest BCUT2D eigenvalue weighted by Gasteiger charge is -2.35. The van der Waals surface area contributed by atoms with Crippen molar-refractivity contribution in [2.24, 2.45) is 0 Å². The van der Waals surface area contributed by atoms with Gasteiger partial charge in [0.15, 0.2) is 0 Å². The van der Waals surface area contributed by atoms with Crippen LogP contribution in [0.5, 0.6) is 0 Å². The lowest BCUT2D eigenvalue weighted by atomic mass is 10.1. The second kappa shape index (κ2) is 13.4. The smallest absolute Gasteiger partial charge is 0.0207 e. The van der Waals surface area contributed by atoms with Crippen molar-refractivity contribution in [1.29, 1.82) is 0 Å². The fourth-order valence-corrected chi connectivity index (χ4v) is 7.66. The molecule has 0 aliphatic carbocycles. The van der Waals surface area contributed by atoms with Crippen LogP contribution in [0.2, 0.25) is 0 Å². The second-order valence-electron chi connectivity index (χ2n) is 6.05. The van der Waals surface area contributed by atoms with Gasteiger partial charge in [0.25, 0.3) is 0 Å². The van der Waals surface area contributed by atoms with Crippen molar-refractivity contribution in [2.75, 3.05) is 6.16 Å². The van der Waals surface area contributed by atoms with Crippen LogP contribution in [0, 0.1) is 0 Å². The van der Waals surface area contributed by atoms with Crippen LogP contribution in [-0.2, 0) is 0 Å². The molecule has 0 saturated heterocycles. The van der Waals surface area contributed by atoms with Crippen LogP contribution in [0.25, 0.3) is 0 Å². The normalized spacial score (nSPS) is 12.0.